The van der Waals surface area contributed by atoms with E-state index in [1.807, 2.05) is 29.9 Å². The summed E-state index contributed by atoms with van der Waals surface area (Å²) in [7, 11) is 0. The molecule has 4 nitrogen and oxygen atoms in total. The first-order valence-electron chi connectivity index (χ1n) is 13.0. The minimum absolute atomic E-state index is 0.385. The first kappa shape index (κ1) is 22.4. The second kappa shape index (κ2) is 8.35. The molecule has 6 aromatic rings. The highest BCUT2D eigenvalue weighted by Gasteiger charge is 2.23. The third-order valence-corrected chi connectivity index (χ3v) is 8.68. The molecule has 0 saturated heterocycles. The van der Waals surface area contributed by atoms with Gasteiger partial charge < -0.3 is 4.98 Å². The lowest BCUT2D eigenvalue weighted by Crippen LogP contribution is -2.06. The number of H-pyrrole nitrogens is 1. The number of nitrogens with one attached hydrogen (secondary N) is 1. The SMILES string of the molecule is CC(C)C1=Nc2c(c3ccc(-c4cc5ccc(-c6cnc(C(C)C)[nH]6)cc5s4)cc3c3ccncc23)C1. The Bertz CT molecular complexity index is 1870. The van der Waals surface area contributed by atoms with Gasteiger partial charge in [-0.05, 0) is 62.9 Å². The van der Waals surface area contributed by atoms with E-state index in [4.69, 9.17) is 4.99 Å². The number of imidazole rings is 1. The van der Waals surface area contributed by atoms with Crippen LogP contribution in [0.1, 0.15) is 45.0 Å². The number of thiophene rings is 1. The van der Waals surface area contributed by atoms with Crippen molar-refractivity contribution in [2.75, 3.05) is 0 Å². The van der Waals surface area contributed by atoms with Crippen molar-refractivity contribution in [1.82, 2.24) is 15.0 Å². The maximum atomic E-state index is 5.05. The smallest absolute Gasteiger partial charge is 0.109 e. The standard InChI is InChI=1S/C32H28N4S/c1-17(2)27-14-25-22-8-7-20(11-24(22)23-9-10-33-15-26(23)31(25)35-27)30-13-21-6-5-19(12-29(21)37-30)28-16-34-32(36-28)18(3)4/h5-13,15-18H,14H2,1-4H3,(H,34,36). The second-order valence-electron chi connectivity index (χ2n) is 10.6. The Labute approximate surface area is 220 Å². The van der Waals surface area contributed by atoms with E-state index in [0.717, 1.165) is 29.0 Å². The molecule has 1 aliphatic rings. The van der Waals surface area contributed by atoms with Gasteiger partial charge in [-0.2, -0.15) is 0 Å². The van der Waals surface area contributed by atoms with Crippen LogP contribution in [0.3, 0.4) is 0 Å². The van der Waals surface area contributed by atoms with Gasteiger partial charge in [0.1, 0.15) is 5.82 Å². The molecule has 0 spiro atoms. The number of hydrogen-bond acceptors (Lipinski definition) is 4. The number of hydrogen-bond donors (Lipinski definition) is 1. The minimum Gasteiger partial charge on any atom is -0.342 e. The van der Waals surface area contributed by atoms with E-state index in [0.29, 0.717) is 11.8 Å². The molecule has 0 unspecified atom stereocenters. The molecule has 0 radical (unpaired) electrons. The van der Waals surface area contributed by atoms with Crippen LogP contribution in [-0.4, -0.2) is 20.7 Å². The summed E-state index contributed by atoms with van der Waals surface area (Å²) in [5.74, 6) is 1.85. The third kappa shape index (κ3) is 3.60. The predicted octanol–water partition coefficient (Wildman–Crippen LogP) is 9.07. The van der Waals surface area contributed by atoms with Crippen molar-refractivity contribution in [2.45, 2.75) is 40.0 Å². The summed E-state index contributed by atoms with van der Waals surface area (Å²) in [5, 5.41) is 6.23. The van der Waals surface area contributed by atoms with Crippen LogP contribution in [0.15, 0.2) is 72.1 Å². The molecular formula is C32H28N4S. The van der Waals surface area contributed by atoms with Crippen molar-refractivity contribution in [3.63, 3.8) is 0 Å². The summed E-state index contributed by atoms with van der Waals surface area (Å²) in [4.78, 5) is 18.8. The number of rotatable bonds is 4. The molecule has 0 aliphatic carbocycles. The first-order valence-corrected chi connectivity index (χ1v) is 13.8. The normalized spacial score (nSPS) is 13.4. The van der Waals surface area contributed by atoms with Crippen LogP contribution in [0.25, 0.3) is 53.3 Å². The van der Waals surface area contributed by atoms with Crippen LogP contribution in [0.2, 0.25) is 0 Å². The maximum absolute atomic E-state index is 5.05. The highest BCUT2D eigenvalue weighted by molar-refractivity contribution is 7.22. The average molecular weight is 501 g/mol. The number of nitrogens with zero attached hydrogens (tertiary/aromatic N) is 3. The monoisotopic (exact) mass is 500 g/mol. The molecule has 0 amide bonds. The van der Waals surface area contributed by atoms with E-state index in [-0.39, 0.29) is 0 Å². The van der Waals surface area contributed by atoms with Crippen molar-refractivity contribution in [3.8, 4) is 21.7 Å². The largest absolute Gasteiger partial charge is 0.342 e. The van der Waals surface area contributed by atoms with E-state index in [1.165, 1.54) is 53.5 Å². The number of benzene rings is 3. The first-order chi connectivity index (χ1) is 18.0. The number of fused-ring (bicyclic) bond motifs is 7. The van der Waals surface area contributed by atoms with Crippen molar-refractivity contribution in [1.29, 1.82) is 0 Å². The van der Waals surface area contributed by atoms with Gasteiger partial charge in [0, 0.05) is 51.0 Å². The zero-order valence-corrected chi connectivity index (χ0v) is 22.3. The lowest BCUT2D eigenvalue weighted by molar-refractivity contribution is 0.795. The van der Waals surface area contributed by atoms with E-state index in [1.54, 1.807) is 0 Å². The molecule has 0 bridgehead atoms. The van der Waals surface area contributed by atoms with Gasteiger partial charge in [0.2, 0.25) is 0 Å². The van der Waals surface area contributed by atoms with Crippen molar-refractivity contribution >= 4 is 54.4 Å². The topological polar surface area (TPSA) is 53.9 Å². The molecule has 37 heavy (non-hydrogen) atoms. The van der Waals surface area contributed by atoms with Crippen LogP contribution in [0.4, 0.5) is 5.69 Å². The van der Waals surface area contributed by atoms with Gasteiger partial charge in [-0.25, -0.2) is 4.98 Å². The molecular weight excluding hydrogens is 472 g/mol. The van der Waals surface area contributed by atoms with Crippen molar-refractivity contribution in [2.24, 2.45) is 10.9 Å². The molecule has 0 fully saturated rings. The lowest BCUT2D eigenvalue weighted by Gasteiger charge is -2.11. The summed E-state index contributed by atoms with van der Waals surface area (Å²) >= 11 is 1.85. The number of aromatic amines is 1. The Morgan fingerprint density at radius 1 is 0.811 bits per heavy atom. The van der Waals surface area contributed by atoms with Crippen molar-refractivity contribution < 1.29 is 0 Å². The van der Waals surface area contributed by atoms with Gasteiger partial charge in [0.15, 0.2) is 0 Å². The quantitative estimate of drug-likeness (QED) is 0.245. The third-order valence-electron chi connectivity index (χ3n) is 7.53. The summed E-state index contributed by atoms with van der Waals surface area (Å²) < 4.78 is 1.28. The fraction of sp³-hybridized carbons (Fsp3) is 0.219. The van der Waals surface area contributed by atoms with Gasteiger partial charge in [-0.1, -0.05) is 52.0 Å². The van der Waals surface area contributed by atoms with Crippen LogP contribution in [-0.2, 0) is 6.42 Å². The summed E-state index contributed by atoms with van der Waals surface area (Å²) in [6.45, 7) is 8.78. The highest BCUT2D eigenvalue weighted by Crippen LogP contribution is 2.44. The van der Waals surface area contributed by atoms with Crippen LogP contribution >= 0.6 is 11.3 Å². The zero-order valence-electron chi connectivity index (χ0n) is 21.5. The van der Waals surface area contributed by atoms with Gasteiger partial charge in [-0.3, -0.25) is 9.98 Å². The van der Waals surface area contributed by atoms with Gasteiger partial charge in [0.05, 0.1) is 17.6 Å². The fourth-order valence-electron chi connectivity index (χ4n) is 5.41. The van der Waals surface area contributed by atoms with Crippen LogP contribution in [0.5, 0.6) is 0 Å². The zero-order chi connectivity index (χ0) is 25.3. The van der Waals surface area contributed by atoms with Crippen LogP contribution < -0.4 is 0 Å². The van der Waals surface area contributed by atoms with E-state index in [9.17, 15) is 0 Å². The Hall–Kier alpha value is -3.83. The summed E-state index contributed by atoms with van der Waals surface area (Å²) in [6.07, 6.45) is 6.74. The van der Waals surface area contributed by atoms with Crippen molar-refractivity contribution in [3.05, 3.63) is 78.5 Å². The molecule has 0 atom stereocenters. The molecule has 0 saturated carbocycles. The molecule has 5 heteroatoms. The predicted molar refractivity (Wildman–Crippen MR) is 157 cm³/mol. The van der Waals surface area contributed by atoms with E-state index < -0.39 is 0 Å². The van der Waals surface area contributed by atoms with E-state index in [2.05, 4.69) is 91.2 Å². The molecule has 7 rings (SSSR count). The second-order valence-corrected chi connectivity index (χ2v) is 11.7. The number of aromatic nitrogens is 3. The summed E-state index contributed by atoms with van der Waals surface area (Å²) in [5.41, 5.74) is 7.21. The number of pyridine rings is 1. The highest BCUT2D eigenvalue weighted by atomic mass is 32.1. The lowest BCUT2D eigenvalue weighted by atomic mass is 9.92. The Morgan fingerprint density at radius 2 is 1.68 bits per heavy atom. The fourth-order valence-corrected chi connectivity index (χ4v) is 6.51. The van der Waals surface area contributed by atoms with Gasteiger partial charge in [0.25, 0.3) is 0 Å². The minimum atomic E-state index is 0.385. The number of aliphatic imine (C=N–C) groups is 1. The molecule has 182 valence electrons. The Kier molecular flexibility index (Phi) is 5.05. The molecule has 3 aromatic carbocycles. The van der Waals surface area contributed by atoms with Crippen LogP contribution in [0, 0.1) is 5.92 Å². The molecule has 1 N–H and O–H groups in total. The molecule has 3 aromatic heterocycles. The Morgan fingerprint density at radius 3 is 2.49 bits per heavy atom. The molecule has 4 heterocycles. The maximum Gasteiger partial charge on any atom is 0.109 e. The van der Waals surface area contributed by atoms with E-state index >= 15 is 0 Å². The van der Waals surface area contributed by atoms with Gasteiger partial charge in [-0.15, -0.1) is 11.3 Å². The molecule has 1 aliphatic heterocycles. The average Bonchev–Trinajstić information content (AvgIpc) is 3.66. The summed E-state index contributed by atoms with van der Waals surface area (Å²) in [6, 6.07) is 18.1. The Balaban J connectivity index is 1.34. The van der Waals surface area contributed by atoms with Gasteiger partial charge >= 0.3 is 0 Å².